The van der Waals surface area contributed by atoms with Crippen molar-refractivity contribution >= 4 is 46.3 Å². The number of amides is 1. The van der Waals surface area contributed by atoms with Gasteiger partial charge in [-0.15, -0.1) is 0 Å². The second kappa shape index (κ2) is 10.2. The Hall–Kier alpha value is -3.85. The van der Waals surface area contributed by atoms with Gasteiger partial charge in [0, 0.05) is 31.9 Å². The fourth-order valence-electron chi connectivity index (χ4n) is 4.23. The molecular formula is C25H27ClFN7O. The number of nitrogens with two attached hydrogens (primary N) is 2. The lowest BCUT2D eigenvalue weighted by atomic mass is 9.98. The topological polar surface area (TPSA) is 135 Å². The normalized spacial score (nSPS) is 15.8. The number of hydrogen-bond donors (Lipinski definition) is 5. The summed E-state index contributed by atoms with van der Waals surface area (Å²) < 4.78 is 14.8. The molecular weight excluding hydrogens is 469 g/mol. The van der Waals surface area contributed by atoms with Gasteiger partial charge in [-0.2, -0.15) is 0 Å². The van der Waals surface area contributed by atoms with Gasteiger partial charge in [0.2, 0.25) is 0 Å². The predicted molar refractivity (Wildman–Crippen MR) is 138 cm³/mol. The molecule has 2 heterocycles. The van der Waals surface area contributed by atoms with Crippen molar-refractivity contribution in [2.24, 2.45) is 11.5 Å². The largest absolute Gasteiger partial charge is 0.370 e. The van der Waals surface area contributed by atoms with Crippen LogP contribution in [0.5, 0.6) is 0 Å². The maximum absolute atomic E-state index is 14.8. The second-order valence-electron chi connectivity index (χ2n) is 8.46. The van der Waals surface area contributed by atoms with E-state index >= 15 is 0 Å². The van der Waals surface area contributed by atoms with Gasteiger partial charge in [0.15, 0.2) is 11.9 Å². The van der Waals surface area contributed by atoms with Crippen LogP contribution in [0.4, 0.5) is 10.1 Å². The first-order valence-electron chi connectivity index (χ1n) is 11.2. The summed E-state index contributed by atoms with van der Waals surface area (Å²) in [6.07, 6.45) is 5.24. The Labute approximate surface area is 208 Å². The van der Waals surface area contributed by atoms with Crippen LogP contribution in [0.15, 0.2) is 48.6 Å². The highest BCUT2D eigenvalue weighted by atomic mass is 35.5. The summed E-state index contributed by atoms with van der Waals surface area (Å²) in [6, 6.07) is 9.77. The van der Waals surface area contributed by atoms with Crippen LogP contribution in [-0.2, 0) is 0 Å². The Morgan fingerprint density at radius 3 is 2.09 bits per heavy atom. The fourth-order valence-corrected chi connectivity index (χ4v) is 4.54. The van der Waals surface area contributed by atoms with Crippen molar-refractivity contribution in [3.05, 3.63) is 76.1 Å². The standard InChI is InChI=1S/C25H27ClFN7O/c26-21-14-18(2-4-19(21)16-7-11-34(12-8-16)25(30)31)32-23(35)20-3-1-17(13-22(20)27)15-5-9-33(10-6-15)24(28)29/h1-5,7,13-14H,6,8-12H2,(H3,28,29)(H3,30,31)(H,32,35). The molecule has 0 atom stereocenters. The molecule has 0 unspecified atom stereocenters. The zero-order chi connectivity index (χ0) is 25.1. The van der Waals surface area contributed by atoms with Crippen molar-refractivity contribution in [3.8, 4) is 0 Å². The highest BCUT2D eigenvalue weighted by molar-refractivity contribution is 6.32. The van der Waals surface area contributed by atoms with Crippen LogP contribution in [-0.4, -0.2) is 53.8 Å². The van der Waals surface area contributed by atoms with Gasteiger partial charge >= 0.3 is 0 Å². The third-order valence-corrected chi connectivity index (χ3v) is 6.57. The van der Waals surface area contributed by atoms with E-state index in [1.54, 1.807) is 28.0 Å². The van der Waals surface area contributed by atoms with Crippen molar-refractivity contribution in [3.63, 3.8) is 0 Å². The molecule has 2 aliphatic rings. The number of rotatable bonds is 4. The van der Waals surface area contributed by atoms with Gasteiger partial charge in [-0.25, -0.2) is 4.39 Å². The van der Waals surface area contributed by atoms with Crippen LogP contribution in [0.3, 0.4) is 0 Å². The summed E-state index contributed by atoms with van der Waals surface area (Å²) in [6.45, 7) is 2.27. The zero-order valence-corrected chi connectivity index (χ0v) is 19.8. The minimum absolute atomic E-state index is 0.0155. The molecule has 10 heteroatoms. The number of benzene rings is 2. The SMILES string of the molecule is N=C(N)N1CC=C(c2ccc(C(=O)Nc3ccc(C4=CCN(C(=N)N)CC4)c(Cl)c3)c(F)c2)CC1. The molecule has 35 heavy (non-hydrogen) atoms. The number of hydrogen-bond acceptors (Lipinski definition) is 3. The van der Waals surface area contributed by atoms with Gasteiger partial charge in [-0.3, -0.25) is 15.6 Å². The summed E-state index contributed by atoms with van der Waals surface area (Å²) in [5, 5.41) is 18.2. The smallest absolute Gasteiger partial charge is 0.258 e. The summed E-state index contributed by atoms with van der Waals surface area (Å²) in [5.74, 6) is -1.12. The van der Waals surface area contributed by atoms with Crippen LogP contribution in [0.25, 0.3) is 11.1 Å². The highest BCUT2D eigenvalue weighted by Gasteiger charge is 2.19. The molecule has 4 rings (SSSR count). The van der Waals surface area contributed by atoms with E-state index in [1.165, 1.54) is 12.1 Å². The monoisotopic (exact) mass is 495 g/mol. The highest BCUT2D eigenvalue weighted by Crippen LogP contribution is 2.31. The first-order valence-corrected chi connectivity index (χ1v) is 11.6. The predicted octanol–water partition coefficient (Wildman–Crippen LogP) is 3.70. The van der Waals surface area contributed by atoms with E-state index in [0.29, 0.717) is 55.3 Å². The third kappa shape index (κ3) is 5.46. The number of nitrogens with zero attached hydrogens (tertiary/aromatic N) is 2. The van der Waals surface area contributed by atoms with E-state index in [0.717, 1.165) is 16.7 Å². The van der Waals surface area contributed by atoms with Crippen molar-refractivity contribution in [1.82, 2.24) is 9.80 Å². The minimum atomic E-state index is -0.611. The molecule has 0 saturated carbocycles. The molecule has 2 aliphatic heterocycles. The number of anilines is 1. The maximum atomic E-state index is 14.8. The summed E-state index contributed by atoms with van der Waals surface area (Å²) in [4.78, 5) is 16.2. The summed E-state index contributed by atoms with van der Waals surface area (Å²) in [7, 11) is 0. The number of halogens is 2. The van der Waals surface area contributed by atoms with Crippen LogP contribution in [0.1, 0.15) is 34.3 Å². The molecule has 0 saturated heterocycles. The van der Waals surface area contributed by atoms with Crippen LogP contribution >= 0.6 is 11.6 Å². The van der Waals surface area contributed by atoms with Gasteiger partial charge < -0.3 is 26.6 Å². The molecule has 2 aromatic rings. The average molecular weight is 496 g/mol. The van der Waals surface area contributed by atoms with E-state index in [4.69, 9.17) is 33.9 Å². The first-order chi connectivity index (χ1) is 16.7. The molecule has 0 fully saturated rings. The van der Waals surface area contributed by atoms with Crippen LogP contribution in [0.2, 0.25) is 5.02 Å². The molecule has 0 aromatic heterocycles. The van der Waals surface area contributed by atoms with Crippen molar-refractivity contribution in [1.29, 1.82) is 10.8 Å². The third-order valence-electron chi connectivity index (χ3n) is 6.26. The summed E-state index contributed by atoms with van der Waals surface area (Å²) >= 11 is 6.48. The van der Waals surface area contributed by atoms with Gasteiger partial charge in [0.1, 0.15) is 5.82 Å². The molecule has 2 aromatic carbocycles. The number of nitrogens with one attached hydrogen (secondary N) is 3. The quantitative estimate of drug-likeness (QED) is 0.325. The Bertz CT molecular complexity index is 1260. The summed E-state index contributed by atoms with van der Waals surface area (Å²) in [5.41, 5.74) is 15.0. The molecule has 182 valence electrons. The first kappa shape index (κ1) is 24.3. The van der Waals surface area contributed by atoms with E-state index in [1.807, 2.05) is 18.2 Å². The van der Waals surface area contributed by atoms with Crippen molar-refractivity contribution in [2.45, 2.75) is 12.8 Å². The Kier molecular flexibility index (Phi) is 7.07. The average Bonchev–Trinajstić information content (AvgIpc) is 2.84. The Morgan fingerprint density at radius 2 is 1.57 bits per heavy atom. The lowest BCUT2D eigenvalue weighted by Gasteiger charge is -2.27. The molecule has 7 N–H and O–H groups in total. The number of guanidine groups is 2. The maximum Gasteiger partial charge on any atom is 0.258 e. The van der Waals surface area contributed by atoms with Gasteiger partial charge in [0.05, 0.1) is 10.6 Å². The van der Waals surface area contributed by atoms with Gasteiger partial charge in [0.25, 0.3) is 5.91 Å². The van der Waals surface area contributed by atoms with E-state index in [-0.39, 0.29) is 17.5 Å². The molecule has 8 nitrogen and oxygen atoms in total. The second-order valence-corrected chi connectivity index (χ2v) is 8.87. The van der Waals surface area contributed by atoms with Gasteiger partial charge in [-0.05, 0) is 59.4 Å². The minimum Gasteiger partial charge on any atom is -0.370 e. The van der Waals surface area contributed by atoms with Crippen LogP contribution < -0.4 is 16.8 Å². The molecule has 0 radical (unpaired) electrons. The lowest BCUT2D eigenvalue weighted by Crippen LogP contribution is -2.39. The van der Waals surface area contributed by atoms with E-state index < -0.39 is 11.7 Å². The Balaban J connectivity index is 1.44. The Morgan fingerprint density at radius 1 is 0.943 bits per heavy atom. The van der Waals surface area contributed by atoms with Crippen LogP contribution in [0, 0.1) is 16.6 Å². The zero-order valence-electron chi connectivity index (χ0n) is 19.1. The lowest BCUT2D eigenvalue weighted by molar-refractivity contribution is 0.102. The fraction of sp³-hybridized carbons (Fsp3) is 0.240. The van der Waals surface area contributed by atoms with Crippen molar-refractivity contribution in [2.75, 3.05) is 31.5 Å². The van der Waals surface area contributed by atoms with E-state index in [9.17, 15) is 9.18 Å². The number of carbonyl (C=O) groups excluding carboxylic acids is 1. The van der Waals surface area contributed by atoms with E-state index in [2.05, 4.69) is 5.32 Å². The molecule has 1 amide bonds. The van der Waals surface area contributed by atoms with Gasteiger partial charge in [-0.1, -0.05) is 35.9 Å². The molecule has 0 aliphatic carbocycles. The molecule has 0 bridgehead atoms. The molecule has 0 spiro atoms. The van der Waals surface area contributed by atoms with Crippen molar-refractivity contribution < 1.29 is 9.18 Å². The number of carbonyl (C=O) groups is 1.